The van der Waals surface area contributed by atoms with Crippen LogP contribution in [0.3, 0.4) is 0 Å². The van der Waals surface area contributed by atoms with Gasteiger partial charge in [-0.25, -0.2) is 0 Å². The average Bonchev–Trinajstić information content (AvgIpc) is 2.78. The molecule has 0 aromatic heterocycles. The zero-order chi connectivity index (χ0) is 9.97. The van der Waals surface area contributed by atoms with Crippen LogP contribution in [-0.4, -0.2) is 24.1 Å². The van der Waals surface area contributed by atoms with Gasteiger partial charge in [0.1, 0.15) is 0 Å². The van der Waals surface area contributed by atoms with Crippen LogP contribution < -0.4 is 5.32 Å². The molecule has 4 atom stereocenters. The molecule has 4 unspecified atom stereocenters. The average molecular weight is 213 g/mol. The van der Waals surface area contributed by atoms with Crippen molar-refractivity contribution in [3.63, 3.8) is 0 Å². The fraction of sp³-hybridized carbons (Fsp3) is 1.00. The van der Waals surface area contributed by atoms with Crippen LogP contribution >= 0.6 is 11.8 Å². The number of thioether (sulfide) groups is 1. The molecule has 0 spiro atoms. The second-order valence-corrected chi connectivity index (χ2v) is 5.92. The van der Waals surface area contributed by atoms with E-state index in [0.29, 0.717) is 0 Å². The summed E-state index contributed by atoms with van der Waals surface area (Å²) in [5.41, 5.74) is 0. The lowest BCUT2D eigenvalue weighted by Gasteiger charge is -2.27. The highest BCUT2D eigenvalue weighted by Gasteiger charge is 2.39. The van der Waals surface area contributed by atoms with Gasteiger partial charge in [-0.2, -0.15) is 11.8 Å². The van der Waals surface area contributed by atoms with Crippen molar-refractivity contribution < 1.29 is 0 Å². The van der Waals surface area contributed by atoms with Crippen LogP contribution in [0.25, 0.3) is 0 Å². The maximum absolute atomic E-state index is 3.88. The van der Waals surface area contributed by atoms with E-state index in [4.69, 9.17) is 0 Å². The van der Waals surface area contributed by atoms with Gasteiger partial charge < -0.3 is 5.32 Å². The van der Waals surface area contributed by atoms with E-state index in [9.17, 15) is 0 Å². The summed E-state index contributed by atoms with van der Waals surface area (Å²) in [5, 5.41) is 3.88. The molecule has 2 saturated carbocycles. The molecule has 0 aromatic carbocycles. The molecule has 2 heteroatoms. The number of hydrogen-bond donors (Lipinski definition) is 1. The van der Waals surface area contributed by atoms with Gasteiger partial charge in [0.15, 0.2) is 0 Å². The predicted octanol–water partition coefficient (Wildman–Crippen LogP) is 2.91. The largest absolute Gasteiger partial charge is 0.310 e. The fourth-order valence-electron chi connectivity index (χ4n) is 3.24. The van der Waals surface area contributed by atoms with Crippen molar-refractivity contribution in [2.24, 2.45) is 11.8 Å². The van der Waals surface area contributed by atoms with Crippen molar-refractivity contribution in [3.05, 3.63) is 0 Å². The first-order valence-electron chi connectivity index (χ1n) is 6.08. The summed E-state index contributed by atoms with van der Waals surface area (Å²) in [4.78, 5) is 0. The third-order valence-electron chi connectivity index (χ3n) is 4.05. The highest BCUT2D eigenvalue weighted by atomic mass is 32.2. The van der Waals surface area contributed by atoms with Gasteiger partial charge in [0.05, 0.1) is 0 Å². The van der Waals surface area contributed by atoms with E-state index in [0.717, 1.165) is 23.9 Å². The van der Waals surface area contributed by atoms with Gasteiger partial charge in [-0.3, -0.25) is 0 Å². The smallest absolute Gasteiger partial charge is 0.0158 e. The lowest BCUT2D eigenvalue weighted by Crippen LogP contribution is -2.42. The number of fused-ring (bicyclic) bond motifs is 2. The Labute approximate surface area is 92.4 Å². The fourth-order valence-corrected chi connectivity index (χ4v) is 3.97. The molecule has 1 nitrogen and oxygen atoms in total. The number of hydrogen-bond acceptors (Lipinski definition) is 2. The van der Waals surface area contributed by atoms with E-state index in [-0.39, 0.29) is 0 Å². The standard InChI is InChI=1S/C12H23NS/c1-3-11(8-14-2)13-12-7-9-4-5-10(12)6-9/h9-13H,3-8H2,1-2H3. The monoisotopic (exact) mass is 213 g/mol. The van der Waals surface area contributed by atoms with E-state index < -0.39 is 0 Å². The molecule has 0 heterocycles. The van der Waals surface area contributed by atoms with E-state index in [1.165, 1.54) is 37.9 Å². The molecular weight excluding hydrogens is 190 g/mol. The van der Waals surface area contributed by atoms with Crippen LogP contribution in [0, 0.1) is 11.8 Å². The molecule has 2 aliphatic carbocycles. The van der Waals surface area contributed by atoms with E-state index in [1.807, 2.05) is 11.8 Å². The molecule has 0 saturated heterocycles. The van der Waals surface area contributed by atoms with Crippen LogP contribution in [0.5, 0.6) is 0 Å². The third-order valence-corrected chi connectivity index (χ3v) is 4.78. The van der Waals surface area contributed by atoms with Gasteiger partial charge in [-0.15, -0.1) is 0 Å². The summed E-state index contributed by atoms with van der Waals surface area (Å²) >= 11 is 1.98. The van der Waals surface area contributed by atoms with Crippen molar-refractivity contribution in [2.45, 2.75) is 51.1 Å². The van der Waals surface area contributed by atoms with Gasteiger partial charge in [0.2, 0.25) is 0 Å². The van der Waals surface area contributed by atoms with Crippen molar-refractivity contribution in [1.82, 2.24) is 5.32 Å². The Balaban J connectivity index is 1.79. The van der Waals surface area contributed by atoms with E-state index in [1.54, 1.807) is 0 Å². The minimum absolute atomic E-state index is 0.759. The molecule has 2 aliphatic rings. The Morgan fingerprint density at radius 2 is 2.21 bits per heavy atom. The van der Waals surface area contributed by atoms with Crippen molar-refractivity contribution >= 4 is 11.8 Å². The Morgan fingerprint density at radius 1 is 1.36 bits per heavy atom. The van der Waals surface area contributed by atoms with Crippen LogP contribution in [-0.2, 0) is 0 Å². The summed E-state index contributed by atoms with van der Waals surface area (Å²) in [6, 6.07) is 1.63. The van der Waals surface area contributed by atoms with Gasteiger partial charge in [0.25, 0.3) is 0 Å². The van der Waals surface area contributed by atoms with E-state index in [2.05, 4.69) is 18.5 Å². The van der Waals surface area contributed by atoms with E-state index >= 15 is 0 Å². The Morgan fingerprint density at radius 3 is 2.71 bits per heavy atom. The zero-order valence-corrected chi connectivity index (χ0v) is 10.3. The molecule has 82 valence electrons. The molecule has 0 amide bonds. The van der Waals surface area contributed by atoms with Gasteiger partial charge in [-0.05, 0) is 43.8 Å². The van der Waals surface area contributed by atoms with Gasteiger partial charge >= 0.3 is 0 Å². The Hall–Kier alpha value is 0.310. The molecular formula is C12H23NS. The molecule has 2 rings (SSSR count). The molecule has 2 bridgehead atoms. The Kier molecular flexibility index (Phi) is 3.78. The SMILES string of the molecule is CCC(CSC)NC1CC2CCC1C2. The van der Waals surface area contributed by atoms with Gasteiger partial charge in [-0.1, -0.05) is 13.3 Å². The number of rotatable bonds is 5. The van der Waals surface area contributed by atoms with Crippen molar-refractivity contribution in [2.75, 3.05) is 12.0 Å². The lowest BCUT2D eigenvalue weighted by atomic mass is 9.94. The molecule has 0 radical (unpaired) electrons. The van der Waals surface area contributed by atoms with Gasteiger partial charge in [0, 0.05) is 17.8 Å². The predicted molar refractivity (Wildman–Crippen MR) is 64.8 cm³/mol. The second kappa shape index (κ2) is 4.89. The summed E-state index contributed by atoms with van der Waals surface area (Å²) in [6.45, 7) is 2.31. The van der Waals surface area contributed by atoms with Crippen LogP contribution in [0.15, 0.2) is 0 Å². The highest BCUT2D eigenvalue weighted by molar-refractivity contribution is 7.98. The van der Waals surface area contributed by atoms with Crippen molar-refractivity contribution in [3.8, 4) is 0 Å². The maximum Gasteiger partial charge on any atom is 0.0158 e. The summed E-state index contributed by atoms with van der Waals surface area (Å²) in [7, 11) is 0. The maximum atomic E-state index is 3.88. The van der Waals surface area contributed by atoms with Crippen molar-refractivity contribution in [1.29, 1.82) is 0 Å². The second-order valence-electron chi connectivity index (χ2n) is 5.01. The van der Waals surface area contributed by atoms with Crippen LogP contribution in [0.1, 0.15) is 39.0 Å². The first-order chi connectivity index (χ1) is 6.83. The topological polar surface area (TPSA) is 12.0 Å². The van der Waals surface area contributed by atoms with Crippen LogP contribution in [0.4, 0.5) is 0 Å². The molecule has 1 N–H and O–H groups in total. The normalized spacial score (nSPS) is 37.7. The van der Waals surface area contributed by atoms with Crippen LogP contribution in [0.2, 0.25) is 0 Å². The minimum Gasteiger partial charge on any atom is -0.310 e. The number of nitrogens with one attached hydrogen (secondary N) is 1. The summed E-state index contributed by atoms with van der Waals surface area (Å²) in [5.74, 6) is 3.38. The zero-order valence-electron chi connectivity index (χ0n) is 9.46. The first kappa shape index (κ1) is 10.8. The quantitative estimate of drug-likeness (QED) is 0.753. The summed E-state index contributed by atoms with van der Waals surface area (Å²) in [6.07, 6.45) is 9.50. The molecule has 14 heavy (non-hydrogen) atoms. The first-order valence-corrected chi connectivity index (χ1v) is 7.47. The molecule has 0 aliphatic heterocycles. The lowest BCUT2D eigenvalue weighted by molar-refractivity contribution is 0.323. The highest BCUT2D eigenvalue weighted by Crippen LogP contribution is 2.44. The molecule has 0 aromatic rings. The summed E-state index contributed by atoms with van der Waals surface area (Å²) < 4.78 is 0. The Bertz CT molecular complexity index is 183. The third kappa shape index (κ3) is 2.27. The molecule has 2 fully saturated rings. The minimum atomic E-state index is 0.759.